The fourth-order valence-corrected chi connectivity index (χ4v) is 5.36. The van der Waals surface area contributed by atoms with Crippen molar-refractivity contribution in [2.75, 3.05) is 19.8 Å². The van der Waals surface area contributed by atoms with Crippen LogP contribution in [0.3, 0.4) is 0 Å². The first-order chi connectivity index (χ1) is 14.2. The summed E-state index contributed by atoms with van der Waals surface area (Å²) < 4.78 is 11.2. The third-order valence-electron chi connectivity index (χ3n) is 6.80. The van der Waals surface area contributed by atoms with E-state index in [1.165, 1.54) is 0 Å². The molecule has 2 aromatic carbocycles. The van der Waals surface area contributed by atoms with E-state index in [1.807, 2.05) is 47.4 Å². The number of carbonyl (C=O) groups is 1. The number of hydrogen-bond acceptors (Lipinski definition) is 4. The molecule has 5 nitrogen and oxygen atoms in total. The molecule has 1 unspecified atom stereocenters. The van der Waals surface area contributed by atoms with Crippen LogP contribution >= 0.6 is 0 Å². The maximum atomic E-state index is 13.4. The second kappa shape index (κ2) is 7.38. The van der Waals surface area contributed by atoms with Crippen LogP contribution in [0, 0.1) is 5.92 Å². The van der Waals surface area contributed by atoms with E-state index >= 15 is 0 Å². The van der Waals surface area contributed by atoms with Crippen LogP contribution in [0.5, 0.6) is 11.5 Å². The number of nitrogens with zero attached hydrogens (tertiary/aromatic N) is 1. The minimum absolute atomic E-state index is 0.0222. The zero-order valence-electron chi connectivity index (χ0n) is 16.5. The van der Waals surface area contributed by atoms with Gasteiger partial charge in [0.15, 0.2) is 11.5 Å². The number of amides is 1. The van der Waals surface area contributed by atoms with Gasteiger partial charge in [-0.15, -0.1) is 0 Å². The Morgan fingerprint density at radius 2 is 1.76 bits per heavy atom. The van der Waals surface area contributed by atoms with Crippen LogP contribution in [-0.2, 0) is 5.60 Å². The molecule has 1 amide bonds. The van der Waals surface area contributed by atoms with E-state index in [4.69, 9.17) is 9.47 Å². The molecule has 5 rings (SSSR count). The van der Waals surface area contributed by atoms with Crippen LogP contribution in [0.25, 0.3) is 0 Å². The van der Waals surface area contributed by atoms with Gasteiger partial charge in [-0.3, -0.25) is 4.79 Å². The predicted octanol–water partition coefficient (Wildman–Crippen LogP) is 3.75. The molecule has 152 valence electrons. The van der Waals surface area contributed by atoms with E-state index in [9.17, 15) is 9.90 Å². The van der Waals surface area contributed by atoms with Crippen molar-refractivity contribution in [2.45, 2.75) is 43.7 Å². The third kappa shape index (κ3) is 3.18. The summed E-state index contributed by atoms with van der Waals surface area (Å²) in [4.78, 5) is 15.4. The van der Waals surface area contributed by atoms with Crippen LogP contribution in [0.1, 0.15) is 48.0 Å². The number of rotatable bonds is 2. The van der Waals surface area contributed by atoms with Crippen molar-refractivity contribution >= 4 is 5.91 Å². The van der Waals surface area contributed by atoms with Crippen LogP contribution < -0.4 is 9.47 Å². The first kappa shape index (κ1) is 18.5. The summed E-state index contributed by atoms with van der Waals surface area (Å²) in [6.07, 6.45) is 4.64. The highest BCUT2D eigenvalue weighted by Crippen LogP contribution is 2.47. The Hall–Kier alpha value is -2.53. The maximum absolute atomic E-state index is 13.4. The molecule has 1 saturated carbocycles. The zero-order chi connectivity index (χ0) is 19.8. The Kier molecular flexibility index (Phi) is 4.70. The molecule has 0 bridgehead atoms. The Morgan fingerprint density at radius 1 is 1.00 bits per heavy atom. The number of carbonyl (C=O) groups excluding carboxylic acids is 1. The molecule has 1 aliphatic carbocycles. The molecule has 3 aliphatic rings. The van der Waals surface area contributed by atoms with E-state index in [0.717, 1.165) is 31.2 Å². The van der Waals surface area contributed by atoms with Gasteiger partial charge in [-0.1, -0.05) is 43.2 Å². The molecular formula is C24H27NO4. The predicted molar refractivity (Wildman–Crippen MR) is 109 cm³/mol. The largest absolute Gasteiger partial charge is 0.486 e. The van der Waals surface area contributed by atoms with Gasteiger partial charge < -0.3 is 19.5 Å². The lowest BCUT2D eigenvalue weighted by molar-refractivity contribution is -0.110. The molecule has 29 heavy (non-hydrogen) atoms. The molecule has 0 spiro atoms. The van der Waals surface area contributed by atoms with Gasteiger partial charge in [0.2, 0.25) is 0 Å². The Bertz CT molecular complexity index is 899. The van der Waals surface area contributed by atoms with Crippen molar-refractivity contribution in [3.05, 3.63) is 59.7 Å². The molecule has 0 aromatic heterocycles. The Labute approximate surface area is 171 Å². The first-order valence-electron chi connectivity index (χ1n) is 10.7. The molecule has 5 heteroatoms. The molecule has 1 N–H and O–H groups in total. The van der Waals surface area contributed by atoms with Gasteiger partial charge in [0.25, 0.3) is 5.91 Å². The number of ether oxygens (including phenoxy) is 2. The standard InChI is InChI=1S/C24H27NO4/c26-23(17-10-11-21-22(16-17)29-15-14-28-21)25-13-12-24(27,18-6-2-1-3-7-18)19-8-4-5-9-20(19)25/h1-3,6-7,10-11,16,19-20,27H,4-5,8-9,12-15H2/t19-,20+,24?/m1/s1. The first-order valence-corrected chi connectivity index (χ1v) is 10.7. The van der Waals surface area contributed by atoms with Crippen LogP contribution in [0.4, 0.5) is 0 Å². The second-order valence-corrected chi connectivity index (χ2v) is 8.36. The summed E-state index contributed by atoms with van der Waals surface area (Å²) in [7, 11) is 0. The van der Waals surface area contributed by atoms with Gasteiger partial charge >= 0.3 is 0 Å². The van der Waals surface area contributed by atoms with E-state index < -0.39 is 5.60 Å². The molecule has 3 atom stereocenters. The highest BCUT2D eigenvalue weighted by atomic mass is 16.6. The van der Waals surface area contributed by atoms with Crippen molar-refractivity contribution in [3.63, 3.8) is 0 Å². The van der Waals surface area contributed by atoms with Crippen molar-refractivity contribution in [1.29, 1.82) is 0 Å². The number of fused-ring (bicyclic) bond motifs is 2. The lowest BCUT2D eigenvalue weighted by atomic mass is 9.66. The summed E-state index contributed by atoms with van der Waals surface area (Å²) in [6.45, 7) is 1.59. The fraction of sp³-hybridized carbons (Fsp3) is 0.458. The van der Waals surface area contributed by atoms with Gasteiger partial charge in [-0.25, -0.2) is 0 Å². The summed E-state index contributed by atoms with van der Waals surface area (Å²) in [5, 5.41) is 11.7. The van der Waals surface area contributed by atoms with Crippen LogP contribution in [0.2, 0.25) is 0 Å². The number of likely N-dealkylation sites (tertiary alicyclic amines) is 1. The molecule has 2 aromatic rings. The fourth-order valence-electron chi connectivity index (χ4n) is 5.36. The van der Waals surface area contributed by atoms with Gasteiger partial charge in [-0.05, 0) is 43.0 Å². The second-order valence-electron chi connectivity index (χ2n) is 8.36. The highest BCUT2D eigenvalue weighted by molar-refractivity contribution is 5.95. The quantitative estimate of drug-likeness (QED) is 0.844. The third-order valence-corrected chi connectivity index (χ3v) is 6.80. The van der Waals surface area contributed by atoms with Gasteiger partial charge in [0.1, 0.15) is 13.2 Å². The minimum Gasteiger partial charge on any atom is -0.486 e. The van der Waals surface area contributed by atoms with Crippen molar-refractivity contribution in [3.8, 4) is 11.5 Å². The average molecular weight is 393 g/mol. The number of hydrogen-bond donors (Lipinski definition) is 1. The maximum Gasteiger partial charge on any atom is 0.254 e. The summed E-state index contributed by atoms with van der Waals surface area (Å²) >= 11 is 0. The van der Waals surface area contributed by atoms with E-state index in [1.54, 1.807) is 6.07 Å². The van der Waals surface area contributed by atoms with E-state index in [-0.39, 0.29) is 17.9 Å². The number of benzene rings is 2. The normalized spacial score (nSPS) is 28.5. The average Bonchev–Trinajstić information content (AvgIpc) is 2.79. The summed E-state index contributed by atoms with van der Waals surface area (Å²) in [5.41, 5.74) is 0.739. The summed E-state index contributed by atoms with van der Waals surface area (Å²) in [6, 6.07) is 15.5. The molecule has 2 aliphatic heterocycles. The van der Waals surface area contributed by atoms with Crippen molar-refractivity contribution < 1.29 is 19.4 Å². The molecule has 2 heterocycles. The zero-order valence-corrected chi connectivity index (χ0v) is 16.5. The lowest BCUT2D eigenvalue weighted by Gasteiger charge is -2.52. The molecule has 0 radical (unpaired) electrons. The Balaban J connectivity index is 1.44. The summed E-state index contributed by atoms with van der Waals surface area (Å²) in [5.74, 6) is 1.42. The van der Waals surface area contributed by atoms with Gasteiger partial charge in [0.05, 0.1) is 5.60 Å². The molecular weight excluding hydrogens is 366 g/mol. The minimum atomic E-state index is -0.865. The van der Waals surface area contributed by atoms with Crippen molar-refractivity contribution in [1.82, 2.24) is 4.90 Å². The Morgan fingerprint density at radius 3 is 2.59 bits per heavy atom. The van der Waals surface area contributed by atoms with Gasteiger partial charge in [-0.2, -0.15) is 0 Å². The monoisotopic (exact) mass is 393 g/mol. The number of aliphatic hydroxyl groups is 1. The number of piperidine rings is 1. The van der Waals surface area contributed by atoms with E-state index in [0.29, 0.717) is 43.2 Å². The topological polar surface area (TPSA) is 59.0 Å². The smallest absolute Gasteiger partial charge is 0.254 e. The van der Waals surface area contributed by atoms with E-state index in [2.05, 4.69) is 0 Å². The SMILES string of the molecule is O=C(c1ccc2c(c1)OCCO2)N1CCC(O)(c2ccccc2)[C@@H]2CCCC[C@@H]21. The van der Waals surface area contributed by atoms with Crippen LogP contribution in [0.15, 0.2) is 48.5 Å². The van der Waals surface area contributed by atoms with Crippen LogP contribution in [-0.4, -0.2) is 41.7 Å². The molecule has 2 fully saturated rings. The molecule has 1 saturated heterocycles. The highest BCUT2D eigenvalue weighted by Gasteiger charge is 2.50. The lowest BCUT2D eigenvalue weighted by Crippen LogP contribution is -2.59. The van der Waals surface area contributed by atoms with Gasteiger partial charge in [0, 0.05) is 24.1 Å². The van der Waals surface area contributed by atoms with Crippen molar-refractivity contribution in [2.24, 2.45) is 5.92 Å².